The summed E-state index contributed by atoms with van der Waals surface area (Å²) in [5.74, 6) is 0.611. The van der Waals surface area contributed by atoms with Gasteiger partial charge in [0.05, 0.1) is 11.6 Å². The third-order valence-corrected chi connectivity index (χ3v) is 3.40. The zero-order valence-electron chi connectivity index (χ0n) is 12.5. The van der Waals surface area contributed by atoms with E-state index in [9.17, 15) is 4.79 Å². The van der Waals surface area contributed by atoms with Gasteiger partial charge in [0, 0.05) is 18.3 Å². The fourth-order valence-electron chi connectivity index (χ4n) is 1.93. The van der Waals surface area contributed by atoms with Crippen molar-refractivity contribution in [3.05, 3.63) is 59.4 Å². The summed E-state index contributed by atoms with van der Waals surface area (Å²) in [4.78, 5) is 16.0. The van der Waals surface area contributed by atoms with E-state index < -0.39 is 0 Å². The van der Waals surface area contributed by atoms with Gasteiger partial charge in [0.25, 0.3) is 0 Å². The van der Waals surface area contributed by atoms with Crippen LogP contribution in [-0.2, 0) is 11.2 Å². The molecule has 2 rings (SSSR count). The maximum Gasteiger partial charge on any atom is 0.220 e. The number of amides is 1. The van der Waals surface area contributed by atoms with E-state index in [1.165, 1.54) is 0 Å². The number of rotatable bonds is 7. The lowest BCUT2D eigenvalue weighted by molar-refractivity contribution is -0.121. The number of ether oxygens (including phenoxy) is 1. The maximum atomic E-state index is 11.8. The minimum absolute atomic E-state index is 0.0136. The minimum atomic E-state index is -0.154. The summed E-state index contributed by atoms with van der Waals surface area (Å²) >= 11 is 6.03. The van der Waals surface area contributed by atoms with Crippen molar-refractivity contribution in [3.63, 3.8) is 0 Å². The topological polar surface area (TPSA) is 51.2 Å². The van der Waals surface area contributed by atoms with E-state index in [1.807, 2.05) is 43.3 Å². The van der Waals surface area contributed by atoms with Crippen molar-refractivity contribution in [2.45, 2.75) is 25.9 Å². The molecule has 0 saturated heterocycles. The van der Waals surface area contributed by atoms with Gasteiger partial charge in [-0.2, -0.15) is 0 Å². The van der Waals surface area contributed by atoms with Gasteiger partial charge in [-0.15, -0.1) is 0 Å². The number of nitrogens with zero attached hydrogens (tertiary/aromatic N) is 1. The smallest absolute Gasteiger partial charge is 0.220 e. The third-order valence-electron chi connectivity index (χ3n) is 3.09. The second-order valence-electron chi connectivity index (χ2n) is 4.98. The number of para-hydroxylation sites is 1. The molecule has 0 unspecified atom stereocenters. The fraction of sp³-hybridized carbons (Fsp3) is 0.294. The number of hydrogen-bond acceptors (Lipinski definition) is 3. The van der Waals surface area contributed by atoms with Gasteiger partial charge in [0.2, 0.25) is 5.91 Å². The molecule has 0 spiro atoms. The molecular weight excluding hydrogens is 300 g/mol. The van der Waals surface area contributed by atoms with E-state index in [1.54, 1.807) is 12.3 Å². The molecule has 4 nitrogen and oxygen atoms in total. The molecule has 0 bridgehead atoms. The van der Waals surface area contributed by atoms with Crippen molar-refractivity contribution in [1.29, 1.82) is 0 Å². The van der Waals surface area contributed by atoms with Crippen LogP contribution in [0.5, 0.6) is 5.75 Å². The molecule has 22 heavy (non-hydrogen) atoms. The Labute approximate surface area is 135 Å². The van der Waals surface area contributed by atoms with Crippen LogP contribution >= 0.6 is 11.6 Å². The van der Waals surface area contributed by atoms with Crippen molar-refractivity contribution in [1.82, 2.24) is 10.3 Å². The molecule has 1 amide bonds. The lowest BCUT2D eigenvalue weighted by Gasteiger charge is -2.16. The van der Waals surface area contributed by atoms with Gasteiger partial charge in [-0.25, -0.2) is 0 Å². The summed E-state index contributed by atoms with van der Waals surface area (Å²) in [6, 6.07) is 13.0. The molecule has 1 N–H and O–H groups in total. The zero-order valence-corrected chi connectivity index (χ0v) is 13.2. The first-order valence-electron chi connectivity index (χ1n) is 7.23. The number of hydrogen-bond donors (Lipinski definition) is 1. The Morgan fingerprint density at radius 3 is 2.77 bits per heavy atom. The highest BCUT2D eigenvalue weighted by Gasteiger charge is 2.09. The predicted molar refractivity (Wildman–Crippen MR) is 87.1 cm³/mol. The van der Waals surface area contributed by atoms with Crippen LogP contribution in [0.3, 0.4) is 0 Å². The van der Waals surface area contributed by atoms with Gasteiger partial charge in [0.15, 0.2) is 0 Å². The highest BCUT2D eigenvalue weighted by Crippen LogP contribution is 2.23. The summed E-state index contributed by atoms with van der Waals surface area (Å²) < 4.78 is 5.70. The standard InChI is InChI=1S/C17H19ClN2O2/c1-13(22-16-8-3-2-7-15(16)18)12-20-17(21)10-9-14-6-4-5-11-19-14/h2-8,11,13H,9-10,12H2,1H3,(H,20,21)/t13-/m1/s1. The molecule has 0 saturated carbocycles. The van der Waals surface area contributed by atoms with Crippen LogP contribution in [0.1, 0.15) is 19.0 Å². The van der Waals surface area contributed by atoms with Gasteiger partial charge in [-0.1, -0.05) is 29.8 Å². The van der Waals surface area contributed by atoms with Crippen LogP contribution in [0.15, 0.2) is 48.7 Å². The molecular formula is C17H19ClN2O2. The van der Waals surface area contributed by atoms with Crippen LogP contribution in [0.25, 0.3) is 0 Å². The lowest BCUT2D eigenvalue weighted by Crippen LogP contribution is -2.33. The molecule has 1 atom stereocenters. The van der Waals surface area contributed by atoms with Crippen molar-refractivity contribution in [2.24, 2.45) is 0 Å². The zero-order chi connectivity index (χ0) is 15.8. The van der Waals surface area contributed by atoms with Crippen molar-refractivity contribution in [2.75, 3.05) is 6.54 Å². The van der Waals surface area contributed by atoms with Crippen molar-refractivity contribution >= 4 is 17.5 Å². The molecule has 5 heteroatoms. The number of pyridine rings is 1. The van der Waals surface area contributed by atoms with Crippen molar-refractivity contribution in [3.8, 4) is 5.75 Å². The molecule has 0 radical (unpaired) electrons. The van der Waals surface area contributed by atoms with Crippen LogP contribution in [0.2, 0.25) is 5.02 Å². The summed E-state index contributed by atoms with van der Waals surface area (Å²) in [5, 5.41) is 3.42. The fourth-order valence-corrected chi connectivity index (χ4v) is 2.11. The monoisotopic (exact) mass is 318 g/mol. The number of halogens is 1. The number of aryl methyl sites for hydroxylation is 1. The molecule has 0 aliphatic rings. The number of benzene rings is 1. The lowest BCUT2D eigenvalue weighted by atomic mass is 10.2. The molecule has 1 aromatic heterocycles. The average Bonchev–Trinajstić information content (AvgIpc) is 2.54. The number of carbonyl (C=O) groups is 1. The SMILES string of the molecule is C[C@H](CNC(=O)CCc1ccccn1)Oc1ccccc1Cl. The van der Waals surface area contributed by atoms with Gasteiger partial charge < -0.3 is 10.1 Å². The Morgan fingerprint density at radius 2 is 2.05 bits per heavy atom. The third kappa shape index (κ3) is 5.37. The van der Waals surface area contributed by atoms with Crippen LogP contribution in [-0.4, -0.2) is 23.5 Å². The second kappa shape index (κ2) is 8.39. The largest absolute Gasteiger partial charge is 0.487 e. The normalized spacial score (nSPS) is 11.7. The molecule has 2 aromatic rings. The highest BCUT2D eigenvalue weighted by atomic mass is 35.5. The van der Waals surface area contributed by atoms with Crippen LogP contribution in [0.4, 0.5) is 0 Å². The van der Waals surface area contributed by atoms with Crippen LogP contribution in [0, 0.1) is 0 Å². The Bertz CT molecular complexity index is 605. The van der Waals surface area contributed by atoms with E-state index in [-0.39, 0.29) is 12.0 Å². The summed E-state index contributed by atoms with van der Waals surface area (Å²) in [5.41, 5.74) is 0.915. The van der Waals surface area contributed by atoms with E-state index >= 15 is 0 Å². The summed E-state index contributed by atoms with van der Waals surface area (Å²) in [7, 11) is 0. The van der Waals surface area contributed by atoms with E-state index in [4.69, 9.17) is 16.3 Å². The van der Waals surface area contributed by atoms with Crippen LogP contribution < -0.4 is 10.1 Å². The molecule has 0 aliphatic heterocycles. The minimum Gasteiger partial charge on any atom is -0.487 e. The highest BCUT2D eigenvalue weighted by molar-refractivity contribution is 6.32. The first-order chi connectivity index (χ1) is 10.6. The van der Waals surface area contributed by atoms with Gasteiger partial charge in [-0.05, 0) is 37.6 Å². The molecule has 1 heterocycles. The molecule has 1 aromatic carbocycles. The maximum absolute atomic E-state index is 11.8. The average molecular weight is 319 g/mol. The first kappa shape index (κ1) is 16.3. The second-order valence-corrected chi connectivity index (χ2v) is 5.39. The number of carbonyl (C=O) groups excluding carboxylic acids is 1. The Morgan fingerprint density at radius 1 is 1.27 bits per heavy atom. The molecule has 0 aliphatic carbocycles. The van der Waals surface area contributed by atoms with Crippen molar-refractivity contribution < 1.29 is 9.53 Å². The van der Waals surface area contributed by atoms with E-state index in [0.29, 0.717) is 30.2 Å². The predicted octanol–water partition coefficient (Wildman–Crippen LogP) is 3.25. The van der Waals surface area contributed by atoms with Gasteiger partial charge in [0.1, 0.15) is 11.9 Å². The van der Waals surface area contributed by atoms with Gasteiger partial charge in [-0.3, -0.25) is 9.78 Å². The number of aromatic nitrogens is 1. The molecule has 0 fully saturated rings. The van der Waals surface area contributed by atoms with E-state index in [0.717, 1.165) is 5.69 Å². The summed E-state index contributed by atoms with van der Waals surface area (Å²) in [6.07, 6.45) is 2.62. The first-order valence-corrected chi connectivity index (χ1v) is 7.60. The van der Waals surface area contributed by atoms with Gasteiger partial charge >= 0.3 is 0 Å². The quantitative estimate of drug-likeness (QED) is 0.852. The van der Waals surface area contributed by atoms with E-state index in [2.05, 4.69) is 10.3 Å². The molecule has 116 valence electrons. The summed E-state index contributed by atoms with van der Waals surface area (Å²) in [6.45, 7) is 2.33. The Kier molecular flexibility index (Phi) is 6.22. The Balaban J connectivity index is 1.71. The number of nitrogens with one attached hydrogen (secondary N) is 1. The Hall–Kier alpha value is -2.07.